The molecule has 0 spiro atoms. The molecule has 1 aliphatic heterocycles. The van der Waals surface area contributed by atoms with E-state index in [4.69, 9.17) is 0 Å². The highest BCUT2D eigenvalue weighted by molar-refractivity contribution is 9.10. The lowest BCUT2D eigenvalue weighted by Gasteiger charge is -2.36. The van der Waals surface area contributed by atoms with Gasteiger partial charge in [0.2, 0.25) is 0 Å². The van der Waals surface area contributed by atoms with Crippen LogP contribution in [0.1, 0.15) is 31.2 Å². The molecule has 0 amide bonds. The van der Waals surface area contributed by atoms with Crippen LogP contribution >= 0.6 is 15.9 Å². The number of nitrogens with one attached hydrogen (secondary N) is 1. The van der Waals surface area contributed by atoms with Crippen molar-refractivity contribution in [2.24, 2.45) is 0 Å². The van der Waals surface area contributed by atoms with Crippen molar-refractivity contribution in [1.29, 1.82) is 0 Å². The zero-order valence-corrected chi connectivity index (χ0v) is 13.0. The molecule has 1 aromatic carbocycles. The van der Waals surface area contributed by atoms with Gasteiger partial charge in [-0.2, -0.15) is 0 Å². The lowest BCUT2D eigenvalue weighted by Crippen LogP contribution is -2.40. The smallest absolute Gasteiger partial charge is 0.124 e. The maximum atomic E-state index is 13.1. The lowest BCUT2D eigenvalue weighted by molar-refractivity contribution is 0.132. The van der Waals surface area contributed by atoms with Crippen molar-refractivity contribution in [3.63, 3.8) is 0 Å². The monoisotopic (exact) mass is 328 g/mol. The molecule has 1 heterocycles. The topological polar surface area (TPSA) is 15.3 Å². The molecule has 19 heavy (non-hydrogen) atoms. The Kier molecular flexibility index (Phi) is 5.79. The molecule has 0 saturated carbocycles. The predicted octanol–water partition coefficient (Wildman–Crippen LogP) is 3.55. The first-order valence-electron chi connectivity index (χ1n) is 7.03. The molecule has 0 bridgehead atoms. The van der Waals surface area contributed by atoms with Gasteiger partial charge >= 0.3 is 0 Å². The standard InChI is InChI=1S/C15H22BrFN2/c1-18-8-7-14-4-2-3-9-19(14)11-12-5-6-13(17)10-15(12)16/h5-6,10,14,18H,2-4,7-9,11H2,1H3. The van der Waals surface area contributed by atoms with Gasteiger partial charge in [0.15, 0.2) is 0 Å². The van der Waals surface area contributed by atoms with Gasteiger partial charge in [-0.05, 0) is 57.1 Å². The molecule has 1 atom stereocenters. The van der Waals surface area contributed by atoms with Crippen LogP contribution in [0.3, 0.4) is 0 Å². The number of likely N-dealkylation sites (tertiary alicyclic amines) is 1. The van der Waals surface area contributed by atoms with Crippen LogP contribution in [-0.4, -0.2) is 31.1 Å². The van der Waals surface area contributed by atoms with E-state index in [1.54, 1.807) is 12.1 Å². The molecule has 1 aromatic rings. The normalized spacial score (nSPS) is 20.7. The molecule has 1 aliphatic rings. The molecule has 1 unspecified atom stereocenters. The van der Waals surface area contributed by atoms with Crippen LogP contribution in [0.5, 0.6) is 0 Å². The van der Waals surface area contributed by atoms with Crippen molar-refractivity contribution in [1.82, 2.24) is 10.2 Å². The number of halogens is 2. The average Bonchev–Trinajstić information content (AvgIpc) is 2.41. The van der Waals surface area contributed by atoms with E-state index < -0.39 is 0 Å². The zero-order chi connectivity index (χ0) is 13.7. The average molecular weight is 329 g/mol. The van der Waals surface area contributed by atoms with Crippen LogP contribution in [0.25, 0.3) is 0 Å². The van der Waals surface area contributed by atoms with Crippen LogP contribution in [-0.2, 0) is 6.54 Å². The molecule has 0 radical (unpaired) electrons. The second kappa shape index (κ2) is 7.36. The van der Waals surface area contributed by atoms with E-state index in [9.17, 15) is 4.39 Å². The fourth-order valence-corrected chi connectivity index (χ4v) is 3.25. The van der Waals surface area contributed by atoms with E-state index in [0.29, 0.717) is 6.04 Å². The third-order valence-electron chi connectivity index (χ3n) is 3.87. The summed E-state index contributed by atoms with van der Waals surface area (Å²) in [5.41, 5.74) is 1.18. The summed E-state index contributed by atoms with van der Waals surface area (Å²) in [5, 5.41) is 3.23. The van der Waals surface area contributed by atoms with Gasteiger partial charge in [-0.1, -0.05) is 28.4 Å². The predicted molar refractivity (Wildman–Crippen MR) is 80.7 cm³/mol. The summed E-state index contributed by atoms with van der Waals surface area (Å²) in [6.45, 7) is 3.12. The SMILES string of the molecule is CNCCC1CCCCN1Cc1ccc(F)cc1Br. The summed E-state index contributed by atoms with van der Waals surface area (Å²) in [7, 11) is 2.00. The Morgan fingerprint density at radius 2 is 2.26 bits per heavy atom. The highest BCUT2D eigenvalue weighted by Crippen LogP contribution is 2.25. The second-order valence-corrected chi connectivity index (χ2v) is 6.10. The van der Waals surface area contributed by atoms with Crippen LogP contribution in [0.4, 0.5) is 4.39 Å². The Bertz CT molecular complexity index is 411. The maximum absolute atomic E-state index is 13.1. The number of hydrogen-bond acceptors (Lipinski definition) is 2. The van der Waals surface area contributed by atoms with E-state index in [1.807, 2.05) is 13.1 Å². The largest absolute Gasteiger partial charge is 0.320 e. The highest BCUT2D eigenvalue weighted by Gasteiger charge is 2.22. The summed E-state index contributed by atoms with van der Waals surface area (Å²) in [4.78, 5) is 2.54. The van der Waals surface area contributed by atoms with Gasteiger partial charge in [-0.25, -0.2) is 4.39 Å². The second-order valence-electron chi connectivity index (χ2n) is 5.25. The summed E-state index contributed by atoms with van der Waals surface area (Å²) in [6.07, 6.45) is 5.07. The number of piperidine rings is 1. The Morgan fingerprint density at radius 3 is 3.00 bits per heavy atom. The number of hydrogen-bond donors (Lipinski definition) is 1. The number of benzene rings is 1. The fourth-order valence-electron chi connectivity index (χ4n) is 2.77. The van der Waals surface area contributed by atoms with Gasteiger partial charge in [0.25, 0.3) is 0 Å². The molecule has 1 saturated heterocycles. The van der Waals surface area contributed by atoms with Crippen molar-refractivity contribution in [3.8, 4) is 0 Å². The molecule has 2 rings (SSSR count). The van der Waals surface area contributed by atoms with Gasteiger partial charge in [-0.15, -0.1) is 0 Å². The molecule has 2 nitrogen and oxygen atoms in total. The summed E-state index contributed by atoms with van der Waals surface area (Å²) in [5.74, 6) is -0.180. The third-order valence-corrected chi connectivity index (χ3v) is 4.60. The molecular formula is C15H22BrFN2. The third kappa shape index (κ3) is 4.26. The van der Waals surface area contributed by atoms with Gasteiger partial charge < -0.3 is 5.32 Å². The molecular weight excluding hydrogens is 307 g/mol. The van der Waals surface area contributed by atoms with E-state index in [0.717, 1.165) is 24.1 Å². The maximum Gasteiger partial charge on any atom is 0.124 e. The van der Waals surface area contributed by atoms with Crippen LogP contribution in [0.15, 0.2) is 22.7 Å². The molecule has 0 aliphatic carbocycles. The van der Waals surface area contributed by atoms with Crippen molar-refractivity contribution in [2.75, 3.05) is 20.1 Å². The quantitative estimate of drug-likeness (QED) is 0.889. The van der Waals surface area contributed by atoms with Gasteiger partial charge in [0.05, 0.1) is 0 Å². The van der Waals surface area contributed by atoms with Gasteiger partial charge in [-0.3, -0.25) is 4.90 Å². The van der Waals surface area contributed by atoms with Crippen LogP contribution in [0, 0.1) is 5.82 Å². The Morgan fingerprint density at radius 1 is 1.42 bits per heavy atom. The first-order chi connectivity index (χ1) is 9.20. The van der Waals surface area contributed by atoms with E-state index >= 15 is 0 Å². The minimum Gasteiger partial charge on any atom is -0.320 e. The minimum atomic E-state index is -0.180. The van der Waals surface area contributed by atoms with E-state index in [2.05, 4.69) is 26.1 Å². The molecule has 0 aromatic heterocycles. The number of rotatable bonds is 5. The molecule has 1 fully saturated rings. The van der Waals surface area contributed by atoms with Crippen molar-refractivity contribution >= 4 is 15.9 Å². The van der Waals surface area contributed by atoms with Crippen molar-refractivity contribution in [3.05, 3.63) is 34.1 Å². The first kappa shape index (κ1) is 14.9. The molecule has 1 N–H and O–H groups in total. The Hall–Kier alpha value is -0.450. The van der Waals surface area contributed by atoms with Crippen LogP contribution < -0.4 is 5.32 Å². The zero-order valence-electron chi connectivity index (χ0n) is 11.5. The van der Waals surface area contributed by atoms with Crippen molar-refractivity contribution in [2.45, 2.75) is 38.3 Å². The lowest BCUT2D eigenvalue weighted by atomic mass is 9.98. The van der Waals surface area contributed by atoms with Crippen LogP contribution in [0.2, 0.25) is 0 Å². The minimum absolute atomic E-state index is 0.180. The van der Waals surface area contributed by atoms with E-state index in [-0.39, 0.29) is 5.82 Å². The Balaban J connectivity index is 2.02. The first-order valence-corrected chi connectivity index (χ1v) is 7.82. The van der Waals surface area contributed by atoms with Gasteiger partial charge in [0, 0.05) is 17.1 Å². The molecule has 106 valence electrons. The molecule has 4 heteroatoms. The highest BCUT2D eigenvalue weighted by atomic mass is 79.9. The van der Waals surface area contributed by atoms with Crippen molar-refractivity contribution < 1.29 is 4.39 Å². The summed E-state index contributed by atoms with van der Waals surface area (Å²) >= 11 is 3.47. The number of nitrogens with zero attached hydrogens (tertiary/aromatic N) is 1. The summed E-state index contributed by atoms with van der Waals surface area (Å²) < 4.78 is 14.0. The van der Waals surface area contributed by atoms with Gasteiger partial charge in [0.1, 0.15) is 5.82 Å². The summed E-state index contributed by atoms with van der Waals surface area (Å²) in [6, 6.07) is 5.65. The Labute approximate surface area is 123 Å². The van der Waals surface area contributed by atoms with E-state index in [1.165, 1.54) is 31.2 Å². The fraction of sp³-hybridized carbons (Fsp3) is 0.600.